The van der Waals surface area contributed by atoms with Crippen LogP contribution in [0.5, 0.6) is 0 Å². The van der Waals surface area contributed by atoms with Crippen molar-refractivity contribution in [3.63, 3.8) is 0 Å². The molecule has 0 fully saturated rings. The summed E-state index contributed by atoms with van der Waals surface area (Å²) < 4.78 is 3.14. The van der Waals surface area contributed by atoms with Crippen LogP contribution >= 0.6 is 0 Å². The van der Waals surface area contributed by atoms with Crippen LogP contribution in [0.15, 0.2) is 24.7 Å². The van der Waals surface area contributed by atoms with Crippen LogP contribution in [0.4, 0.5) is 0 Å². The fourth-order valence-electron chi connectivity index (χ4n) is 1.15. The number of rotatable bonds is 2. The van der Waals surface area contributed by atoms with Crippen LogP contribution in [0.3, 0.4) is 0 Å². The van der Waals surface area contributed by atoms with Crippen molar-refractivity contribution in [3.05, 3.63) is 30.2 Å². The van der Waals surface area contributed by atoms with E-state index in [1.165, 1.54) is 0 Å². The third kappa shape index (κ3) is 1.24. The molecule has 0 saturated heterocycles. The molecule has 13 heavy (non-hydrogen) atoms. The zero-order valence-electron chi connectivity index (χ0n) is 7.08. The number of aldehydes is 1. The minimum atomic E-state index is 0.534. The zero-order valence-corrected chi connectivity index (χ0v) is 7.08. The average Bonchev–Trinajstić information content (AvgIpc) is 2.71. The van der Waals surface area contributed by atoms with Crippen molar-refractivity contribution >= 4 is 6.29 Å². The molecule has 0 unspecified atom stereocenters. The molecule has 0 bridgehead atoms. The van der Waals surface area contributed by atoms with Gasteiger partial charge >= 0.3 is 0 Å². The summed E-state index contributed by atoms with van der Waals surface area (Å²) in [7, 11) is 1.76. The van der Waals surface area contributed by atoms with Crippen LogP contribution < -0.4 is 0 Å². The van der Waals surface area contributed by atoms with E-state index in [1.807, 2.05) is 0 Å². The third-order valence-corrected chi connectivity index (χ3v) is 1.68. The molecule has 0 amide bonds. The second kappa shape index (κ2) is 2.85. The molecule has 5 heteroatoms. The van der Waals surface area contributed by atoms with Gasteiger partial charge in [-0.3, -0.25) is 9.48 Å². The lowest BCUT2D eigenvalue weighted by Gasteiger charge is -1.94. The van der Waals surface area contributed by atoms with Gasteiger partial charge in [-0.05, 0) is 6.07 Å². The summed E-state index contributed by atoms with van der Waals surface area (Å²) in [4.78, 5) is 10.6. The van der Waals surface area contributed by atoms with E-state index in [2.05, 4.69) is 10.2 Å². The van der Waals surface area contributed by atoms with E-state index in [0.29, 0.717) is 11.4 Å². The summed E-state index contributed by atoms with van der Waals surface area (Å²) in [5.74, 6) is 0.558. The quantitative estimate of drug-likeness (QED) is 0.623. The first kappa shape index (κ1) is 7.72. The van der Waals surface area contributed by atoms with Crippen molar-refractivity contribution < 1.29 is 4.79 Å². The lowest BCUT2D eigenvalue weighted by molar-refractivity contribution is 0.112. The van der Waals surface area contributed by atoms with E-state index >= 15 is 0 Å². The Morgan fingerprint density at radius 1 is 1.54 bits per heavy atom. The van der Waals surface area contributed by atoms with Gasteiger partial charge in [-0.25, -0.2) is 4.68 Å². The normalized spacial score (nSPS) is 10.2. The fourth-order valence-corrected chi connectivity index (χ4v) is 1.15. The first-order chi connectivity index (χ1) is 6.31. The summed E-state index contributed by atoms with van der Waals surface area (Å²) in [6.07, 6.45) is 5.81. The van der Waals surface area contributed by atoms with Crippen LogP contribution in [-0.4, -0.2) is 25.8 Å². The number of nitrogens with zero attached hydrogens (tertiary/aromatic N) is 4. The van der Waals surface area contributed by atoms with E-state index in [1.54, 1.807) is 41.1 Å². The molecule has 2 rings (SSSR count). The second-order valence-electron chi connectivity index (χ2n) is 2.65. The lowest BCUT2D eigenvalue weighted by atomic mass is 10.4. The lowest BCUT2D eigenvalue weighted by Crippen LogP contribution is -1.99. The Balaban J connectivity index is 2.56. The predicted octanol–water partition coefficient (Wildman–Crippen LogP) is 0.418. The third-order valence-electron chi connectivity index (χ3n) is 1.68. The molecule has 0 aliphatic rings. The minimum absolute atomic E-state index is 0.534. The first-order valence-electron chi connectivity index (χ1n) is 3.80. The molecule has 0 aliphatic heterocycles. The minimum Gasteiger partial charge on any atom is -0.298 e. The molecule has 0 N–H and O–H groups in total. The molecule has 5 nitrogen and oxygen atoms in total. The molecule has 0 saturated carbocycles. The van der Waals surface area contributed by atoms with E-state index in [0.717, 1.165) is 6.29 Å². The molecule has 0 aliphatic carbocycles. The highest BCUT2D eigenvalue weighted by molar-refractivity contribution is 5.79. The molecule has 0 aromatic carbocycles. The number of hydrogen-bond donors (Lipinski definition) is 0. The SMILES string of the molecule is Cn1cc(C=O)c(-n2cccn2)n1. The van der Waals surface area contributed by atoms with Gasteiger partial charge in [-0.1, -0.05) is 0 Å². The number of carbonyl (C=O) groups is 1. The Morgan fingerprint density at radius 2 is 2.38 bits per heavy atom. The largest absolute Gasteiger partial charge is 0.298 e. The molecule has 66 valence electrons. The van der Waals surface area contributed by atoms with Crippen molar-refractivity contribution in [3.8, 4) is 5.82 Å². The van der Waals surface area contributed by atoms with Gasteiger partial charge in [0.25, 0.3) is 0 Å². The smallest absolute Gasteiger partial charge is 0.185 e. The van der Waals surface area contributed by atoms with Crippen molar-refractivity contribution in [2.45, 2.75) is 0 Å². The van der Waals surface area contributed by atoms with Crippen LogP contribution in [-0.2, 0) is 7.05 Å². The van der Waals surface area contributed by atoms with Crippen LogP contribution in [0.2, 0.25) is 0 Å². The van der Waals surface area contributed by atoms with Gasteiger partial charge in [0.2, 0.25) is 0 Å². The van der Waals surface area contributed by atoms with Crippen molar-refractivity contribution in [1.29, 1.82) is 0 Å². The summed E-state index contributed by atoms with van der Waals surface area (Å²) >= 11 is 0. The van der Waals surface area contributed by atoms with Gasteiger partial charge in [0.1, 0.15) is 0 Å². The van der Waals surface area contributed by atoms with Gasteiger partial charge in [0.15, 0.2) is 12.1 Å². The molecule has 2 aromatic heterocycles. The van der Waals surface area contributed by atoms with Gasteiger partial charge in [0.05, 0.1) is 5.56 Å². The number of carbonyl (C=O) groups excluding carboxylic acids is 1. The Bertz CT molecular complexity index is 415. The van der Waals surface area contributed by atoms with E-state index in [-0.39, 0.29) is 0 Å². The maximum atomic E-state index is 10.6. The zero-order chi connectivity index (χ0) is 9.26. The van der Waals surface area contributed by atoms with Gasteiger partial charge in [-0.15, -0.1) is 0 Å². The molecule has 2 heterocycles. The highest BCUT2D eigenvalue weighted by Crippen LogP contribution is 2.07. The number of aromatic nitrogens is 4. The van der Waals surface area contributed by atoms with Crippen molar-refractivity contribution in [2.24, 2.45) is 7.05 Å². The Kier molecular flexibility index (Phi) is 1.70. The molecular weight excluding hydrogens is 168 g/mol. The van der Waals surface area contributed by atoms with Gasteiger partial charge < -0.3 is 0 Å². The summed E-state index contributed by atoms with van der Waals surface area (Å²) in [5, 5.41) is 8.10. The first-order valence-corrected chi connectivity index (χ1v) is 3.80. The summed E-state index contributed by atoms with van der Waals surface area (Å²) in [5.41, 5.74) is 0.534. The van der Waals surface area contributed by atoms with Crippen LogP contribution in [0.1, 0.15) is 10.4 Å². The second-order valence-corrected chi connectivity index (χ2v) is 2.65. The highest BCUT2D eigenvalue weighted by atomic mass is 16.1. The molecular formula is C8H8N4O. The fraction of sp³-hybridized carbons (Fsp3) is 0.125. The topological polar surface area (TPSA) is 52.7 Å². The maximum Gasteiger partial charge on any atom is 0.185 e. The summed E-state index contributed by atoms with van der Waals surface area (Å²) in [6.45, 7) is 0. The Labute approximate surface area is 74.6 Å². The monoisotopic (exact) mass is 176 g/mol. The molecule has 0 atom stereocenters. The van der Waals surface area contributed by atoms with E-state index < -0.39 is 0 Å². The van der Waals surface area contributed by atoms with Gasteiger partial charge in [-0.2, -0.15) is 10.2 Å². The molecule has 0 radical (unpaired) electrons. The predicted molar refractivity (Wildman–Crippen MR) is 45.7 cm³/mol. The number of aryl methyl sites for hydroxylation is 1. The standard InChI is InChI=1S/C8H8N4O/c1-11-5-7(6-13)8(10-11)12-4-2-3-9-12/h2-6H,1H3. The van der Waals surface area contributed by atoms with Crippen LogP contribution in [0, 0.1) is 0 Å². The van der Waals surface area contributed by atoms with E-state index in [9.17, 15) is 4.79 Å². The molecule has 2 aromatic rings. The van der Waals surface area contributed by atoms with Crippen molar-refractivity contribution in [2.75, 3.05) is 0 Å². The number of hydrogen-bond acceptors (Lipinski definition) is 3. The maximum absolute atomic E-state index is 10.6. The Hall–Kier alpha value is -1.91. The van der Waals surface area contributed by atoms with E-state index in [4.69, 9.17) is 0 Å². The Morgan fingerprint density at radius 3 is 3.00 bits per heavy atom. The highest BCUT2D eigenvalue weighted by Gasteiger charge is 2.07. The molecule has 0 spiro atoms. The average molecular weight is 176 g/mol. The summed E-state index contributed by atoms with van der Waals surface area (Å²) in [6, 6.07) is 1.78. The van der Waals surface area contributed by atoms with Gasteiger partial charge in [0, 0.05) is 25.6 Å². The van der Waals surface area contributed by atoms with Crippen LogP contribution in [0.25, 0.3) is 5.82 Å². The van der Waals surface area contributed by atoms with Crippen molar-refractivity contribution in [1.82, 2.24) is 19.6 Å².